The van der Waals surface area contributed by atoms with E-state index in [9.17, 15) is 0 Å². The first-order chi connectivity index (χ1) is 18.4. The van der Waals surface area contributed by atoms with Crippen LogP contribution < -0.4 is 21.2 Å². The van der Waals surface area contributed by atoms with E-state index in [1.807, 2.05) is 0 Å². The molecule has 4 aromatic rings. The van der Waals surface area contributed by atoms with Gasteiger partial charge >= 0.3 is 45.2 Å². The number of benzene rings is 4. The third-order valence-corrected chi connectivity index (χ3v) is 11.2. The summed E-state index contributed by atoms with van der Waals surface area (Å²) in [6.07, 6.45) is 3.84. The summed E-state index contributed by atoms with van der Waals surface area (Å²) < 4.78 is 30.0. The Morgan fingerprint density at radius 3 is 0.737 bits per heavy atom. The summed E-state index contributed by atoms with van der Waals surface area (Å²) in [6.45, 7) is 18.0. The van der Waals surface area contributed by atoms with Gasteiger partial charge in [-0.1, -0.05) is 72.8 Å². The van der Waals surface area contributed by atoms with E-state index in [4.69, 9.17) is 18.6 Å². The molecule has 0 saturated heterocycles. The molecule has 0 radical (unpaired) electrons. The first-order valence-corrected chi connectivity index (χ1v) is 14.6. The summed E-state index contributed by atoms with van der Waals surface area (Å²) >= 11 is 0. The Morgan fingerprint density at radius 2 is 0.553 bits per heavy atom. The van der Waals surface area contributed by atoms with Gasteiger partial charge in [-0.3, -0.25) is 0 Å². The summed E-state index contributed by atoms with van der Waals surface area (Å²) in [4.78, 5) is 0. The third kappa shape index (κ3) is 13.3. The molecule has 0 fully saturated rings. The maximum Gasteiger partial charge on any atom is 0.0966 e. The molecular formula is C31H28O4P2W+2. The fraction of sp³-hybridized carbons (Fsp3) is 0.0968. The van der Waals surface area contributed by atoms with Crippen LogP contribution in [0.25, 0.3) is 0 Å². The molecule has 4 aromatic carbocycles. The Morgan fingerprint density at radius 1 is 0.368 bits per heavy atom. The topological polar surface area (TPSA) is 79.6 Å². The molecule has 38 heavy (non-hydrogen) atoms. The Kier molecular flexibility index (Phi) is 25.7. The molecule has 0 aromatic heterocycles. The van der Waals surface area contributed by atoms with E-state index >= 15 is 0 Å². The van der Waals surface area contributed by atoms with Crippen LogP contribution in [0.3, 0.4) is 0 Å². The van der Waals surface area contributed by atoms with Gasteiger partial charge in [0, 0.05) is 27.5 Å². The summed E-state index contributed by atoms with van der Waals surface area (Å²) in [5.74, 6) is 0. The van der Waals surface area contributed by atoms with Crippen molar-refractivity contribution in [2.45, 2.75) is 6.42 Å². The molecule has 0 aliphatic heterocycles. The van der Waals surface area contributed by atoms with Crippen molar-refractivity contribution in [2.24, 2.45) is 0 Å². The Labute approximate surface area is 242 Å². The quantitative estimate of drug-likeness (QED) is 0.141. The van der Waals surface area contributed by atoms with Crippen molar-refractivity contribution in [2.75, 3.05) is 12.3 Å². The van der Waals surface area contributed by atoms with Crippen molar-refractivity contribution in [3.63, 3.8) is 0 Å². The normalized spacial score (nSPS) is 8.68. The van der Waals surface area contributed by atoms with E-state index in [-0.39, 0.29) is 21.1 Å². The summed E-state index contributed by atoms with van der Waals surface area (Å²) in [5, 5.41) is 6.10. The van der Waals surface area contributed by atoms with Gasteiger partial charge in [0.1, 0.15) is 0 Å². The smallest absolute Gasteiger partial charge is 0.0620 e. The standard InChI is InChI=1S/C27H26P2.4CO.W/c1-5-14-24(15-6-1)28(25-16-7-2-8-17-25)22-13-23-29(26-18-9-3-10-19-26)27-20-11-4-12-21-27;4*1-2;/h1-12,14-21H,13,22-23H2;;;;;/p+2. The van der Waals surface area contributed by atoms with Gasteiger partial charge in [0.25, 0.3) is 0 Å². The molecule has 0 spiro atoms. The average molecular weight is 710 g/mol. The van der Waals surface area contributed by atoms with Crippen LogP contribution in [0.5, 0.6) is 0 Å². The second kappa shape index (κ2) is 26.0. The van der Waals surface area contributed by atoms with Crippen LogP contribution in [0.15, 0.2) is 121 Å². The maximum atomic E-state index is 7.50. The Balaban J connectivity index is 0. The number of hydrogen-bond donors (Lipinski definition) is 0. The maximum absolute atomic E-state index is 7.50. The van der Waals surface area contributed by atoms with Gasteiger partial charge in [-0.25, -0.2) is 0 Å². The summed E-state index contributed by atoms with van der Waals surface area (Å²) in [6, 6.07) is 44.6. The molecule has 0 aliphatic carbocycles. The van der Waals surface area contributed by atoms with Gasteiger partial charge in [-0.05, 0) is 48.5 Å². The second-order valence-electron chi connectivity index (χ2n) is 7.27. The minimum absolute atomic E-state index is 0. The molecule has 4 rings (SSSR count). The molecule has 0 unspecified atom stereocenters. The van der Waals surface area contributed by atoms with Crippen molar-refractivity contribution in [1.82, 2.24) is 0 Å². The van der Waals surface area contributed by atoms with Crippen molar-refractivity contribution in [3.05, 3.63) is 148 Å². The van der Waals surface area contributed by atoms with E-state index < -0.39 is 15.8 Å². The fourth-order valence-electron chi connectivity index (χ4n) is 3.91. The van der Waals surface area contributed by atoms with E-state index in [0.717, 1.165) is 0 Å². The molecule has 190 valence electrons. The van der Waals surface area contributed by atoms with E-state index in [0.29, 0.717) is 0 Å². The van der Waals surface area contributed by atoms with E-state index in [2.05, 4.69) is 148 Å². The van der Waals surface area contributed by atoms with Gasteiger partial charge < -0.3 is 0 Å². The van der Waals surface area contributed by atoms with Crippen LogP contribution in [-0.2, 0) is 39.7 Å². The second-order valence-corrected chi connectivity index (χ2v) is 12.5. The van der Waals surface area contributed by atoms with Crippen LogP contribution in [0.2, 0.25) is 0 Å². The Hall–Kier alpha value is -2.61. The van der Waals surface area contributed by atoms with Gasteiger partial charge in [0.15, 0.2) is 0 Å². The summed E-state index contributed by atoms with van der Waals surface area (Å²) in [7, 11) is -1.48. The predicted octanol–water partition coefficient (Wildman–Crippen LogP) is 4.95. The van der Waals surface area contributed by atoms with Gasteiger partial charge in [-0.15, -0.1) is 0 Å². The zero-order valence-electron chi connectivity index (χ0n) is 20.7. The first kappa shape index (κ1) is 37.5. The molecule has 0 saturated carbocycles. The van der Waals surface area contributed by atoms with Crippen molar-refractivity contribution < 1.29 is 39.7 Å². The van der Waals surface area contributed by atoms with Crippen LogP contribution >= 0.6 is 15.8 Å². The largest absolute Gasteiger partial charge is 0.0966 e. The minimum Gasteiger partial charge on any atom is -0.0620 e. The SMILES string of the molecule is [C-]#[O+].[C-]#[O+].[C-]#[O+].[C-]#[O+].[W].c1ccc([PH+](CCC[PH+](c2ccccc2)c2ccccc2)c2ccccc2)cc1. The van der Waals surface area contributed by atoms with Crippen LogP contribution in [0, 0.1) is 26.6 Å². The molecule has 0 N–H and O–H groups in total. The predicted molar refractivity (Wildman–Crippen MR) is 151 cm³/mol. The monoisotopic (exact) mass is 710 g/mol. The van der Waals surface area contributed by atoms with Crippen molar-refractivity contribution in [3.8, 4) is 0 Å². The minimum atomic E-state index is -0.742. The molecule has 4 nitrogen and oxygen atoms in total. The molecule has 0 amide bonds. The zero-order valence-corrected chi connectivity index (χ0v) is 25.6. The first-order valence-electron chi connectivity index (χ1n) is 11.2. The number of rotatable bonds is 8. The van der Waals surface area contributed by atoms with E-state index in [1.165, 1.54) is 40.0 Å². The molecular weight excluding hydrogens is 682 g/mol. The van der Waals surface area contributed by atoms with Crippen molar-refractivity contribution in [1.29, 1.82) is 0 Å². The molecule has 0 aliphatic rings. The molecule has 7 heteroatoms. The van der Waals surface area contributed by atoms with Crippen LogP contribution in [0.1, 0.15) is 6.42 Å². The molecule has 0 atom stereocenters. The summed E-state index contributed by atoms with van der Waals surface area (Å²) in [5.41, 5.74) is 0. The van der Waals surface area contributed by atoms with E-state index in [1.54, 1.807) is 0 Å². The fourth-order valence-corrected chi connectivity index (χ4v) is 9.52. The van der Waals surface area contributed by atoms with Gasteiger partial charge in [0.2, 0.25) is 0 Å². The van der Waals surface area contributed by atoms with Gasteiger partial charge in [-0.2, -0.15) is 0 Å². The molecule has 0 bridgehead atoms. The van der Waals surface area contributed by atoms with Crippen LogP contribution in [-0.4, -0.2) is 12.3 Å². The van der Waals surface area contributed by atoms with Crippen molar-refractivity contribution >= 4 is 37.1 Å². The van der Waals surface area contributed by atoms with Gasteiger partial charge in [0.05, 0.1) is 49.4 Å². The number of hydrogen-bond acceptors (Lipinski definition) is 0. The van der Waals surface area contributed by atoms with Crippen LogP contribution in [0.4, 0.5) is 0 Å². The average Bonchev–Trinajstić information content (AvgIpc) is 3.03. The zero-order chi connectivity index (χ0) is 27.7. The molecule has 0 heterocycles. The Bertz CT molecular complexity index is 981. The third-order valence-electron chi connectivity index (χ3n) is 5.34.